The van der Waals surface area contributed by atoms with Gasteiger partial charge in [-0.15, -0.1) is 0 Å². The molecule has 1 spiro atoms. The zero-order valence-electron chi connectivity index (χ0n) is 11.7. The molecule has 2 aliphatic rings. The van der Waals surface area contributed by atoms with E-state index in [1.54, 1.807) is 0 Å². The molecular formula is C16H24N2. The smallest absolute Gasteiger partial charge is 0.0366 e. The van der Waals surface area contributed by atoms with Gasteiger partial charge in [0.05, 0.1) is 0 Å². The van der Waals surface area contributed by atoms with Crippen molar-refractivity contribution >= 4 is 5.69 Å². The van der Waals surface area contributed by atoms with E-state index in [9.17, 15) is 0 Å². The van der Waals surface area contributed by atoms with Gasteiger partial charge in [0.1, 0.15) is 0 Å². The number of aryl methyl sites for hydroxylation is 1. The van der Waals surface area contributed by atoms with Crippen molar-refractivity contribution in [3.05, 3.63) is 29.8 Å². The Morgan fingerprint density at radius 1 is 0.944 bits per heavy atom. The molecule has 3 rings (SSSR count). The van der Waals surface area contributed by atoms with Crippen molar-refractivity contribution in [3.63, 3.8) is 0 Å². The molecule has 2 saturated heterocycles. The summed E-state index contributed by atoms with van der Waals surface area (Å²) >= 11 is 0. The van der Waals surface area contributed by atoms with Crippen LogP contribution < -0.4 is 4.90 Å². The molecule has 1 aromatic carbocycles. The van der Waals surface area contributed by atoms with Crippen LogP contribution in [0.4, 0.5) is 5.69 Å². The van der Waals surface area contributed by atoms with Crippen molar-refractivity contribution < 1.29 is 0 Å². The average molecular weight is 244 g/mol. The summed E-state index contributed by atoms with van der Waals surface area (Å²) in [5.41, 5.74) is 3.38. The lowest BCUT2D eigenvalue weighted by Crippen LogP contribution is -2.39. The standard InChI is InChI=1S/C16H24N2/c1-14-3-5-15(6-4-14)18-12-9-16(13-18)7-10-17(2)11-8-16/h3-6H,7-13H2,1-2H3. The summed E-state index contributed by atoms with van der Waals surface area (Å²) in [5, 5.41) is 0. The van der Waals surface area contributed by atoms with Crippen LogP contribution in [-0.4, -0.2) is 38.1 Å². The van der Waals surface area contributed by atoms with Gasteiger partial charge in [0, 0.05) is 18.8 Å². The number of anilines is 1. The molecule has 0 atom stereocenters. The topological polar surface area (TPSA) is 6.48 Å². The Hall–Kier alpha value is -1.02. The second-order valence-electron chi connectivity index (χ2n) is 6.31. The van der Waals surface area contributed by atoms with Gasteiger partial charge in [-0.3, -0.25) is 0 Å². The molecule has 0 bridgehead atoms. The molecule has 2 heterocycles. The molecule has 0 unspecified atom stereocenters. The van der Waals surface area contributed by atoms with E-state index in [4.69, 9.17) is 0 Å². The number of rotatable bonds is 1. The predicted octanol–water partition coefficient (Wildman–Crippen LogP) is 2.92. The van der Waals surface area contributed by atoms with Crippen LogP contribution in [0.2, 0.25) is 0 Å². The highest BCUT2D eigenvalue weighted by atomic mass is 15.2. The van der Waals surface area contributed by atoms with Gasteiger partial charge in [0.25, 0.3) is 0 Å². The van der Waals surface area contributed by atoms with Crippen molar-refractivity contribution in [2.45, 2.75) is 26.2 Å². The van der Waals surface area contributed by atoms with Crippen molar-refractivity contribution in [1.29, 1.82) is 0 Å². The van der Waals surface area contributed by atoms with Crippen LogP contribution in [0.1, 0.15) is 24.8 Å². The van der Waals surface area contributed by atoms with E-state index in [-0.39, 0.29) is 0 Å². The first kappa shape index (κ1) is 12.0. The third-order valence-corrected chi connectivity index (χ3v) is 4.89. The maximum atomic E-state index is 2.59. The van der Waals surface area contributed by atoms with Crippen molar-refractivity contribution in [3.8, 4) is 0 Å². The van der Waals surface area contributed by atoms with E-state index >= 15 is 0 Å². The average Bonchev–Trinajstić information content (AvgIpc) is 2.79. The molecule has 98 valence electrons. The lowest BCUT2D eigenvalue weighted by Gasteiger charge is -2.37. The molecule has 0 aromatic heterocycles. The molecule has 0 N–H and O–H groups in total. The summed E-state index contributed by atoms with van der Waals surface area (Å²) in [6, 6.07) is 9.02. The minimum atomic E-state index is 0.609. The summed E-state index contributed by atoms with van der Waals surface area (Å²) < 4.78 is 0. The molecular weight excluding hydrogens is 220 g/mol. The zero-order chi connectivity index (χ0) is 12.6. The molecule has 0 saturated carbocycles. The van der Waals surface area contributed by atoms with Crippen LogP contribution in [0.3, 0.4) is 0 Å². The van der Waals surface area contributed by atoms with Crippen LogP contribution in [0.15, 0.2) is 24.3 Å². The highest BCUT2D eigenvalue weighted by Gasteiger charge is 2.39. The zero-order valence-corrected chi connectivity index (χ0v) is 11.7. The van der Waals surface area contributed by atoms with Gasteiger partial charge in [0.15, 0.2) is 0 Å². The fourth-order valence-corrected chi connectivity index (χ4v) is 3.41. The number of nitrogens with zero attached hydrogens (tertiary/aromatic N) is 2. The molecule has 2 fully saturated rings. The van der Waals surface area contributed by atoms with Crippen LogP contribution in [-0.2, 0) is 0 Å². The minimum absolute atomic E-state index is 0.609. The van der Waals surface area contributed by atoms with Crippen LogP contribution in [0.5, 0.6) is 0 Å². The Balaban J connectivity index is 1.69. The summed E-state index contributed by atoms with van der Waals surface area (Å²) in [7, 11) is 2.25. The number of hydrogen-bond donors (Lipinski definition) is 0. The minimum Gasteiger partial charge on any atom is -0.371 e. The van der Waals surface area contributed by atoms with Gasteiger partial charge in [-0.25, -0.2) is 0 Å². The maximum absolute atomic E-state index is 2.59. The number of benzene rings is 1. The second-order valence-corrected chi connectivity index (χ2v) is 6.31. The first-order chi connectivity index (χ1) is 8.67. The van der Waals surface area contributed by atoms with E-state index in [1.165, 1.54) is 56.7 Å². The number of hydrogen-bond acceptors (Lipinski definition) is 2. The molecule has 0 radical (unpaired) electrons. The molecule has 18 heavy (non-hydrogen) atoms. The summed E-state index contributed by atoms with van der Waals surface area (Å²) in [6.07, 6.45) is 4.15. The third-order valence-electron chi connectivity index (χ3n) is 4.89. The van der Waals surface area contributed by atoms with Crippen LogP contribution in [0, 0.1) is 12.3 Å². The fraction of sp³-hybridized carbons (Fsp3) is 0.625. The maximum Gasteiger partial charge on any atom is 0.0366 e. The molecule has 0 amide bonds. The SMILES string of the molecule is Cc1ccc(N2CCC3(CCN(C)CC3)C2)cc1. The van der Waals surface area contributed by atoms with Gasteiger partial charge in [-0.05, 0) is 63.9 Å². The second kappa shape index (κ2) is 4.58. The first-order valence-corrected chi connectivity index (χ1v) is 7.17. The summed E-state index contributed by atoms with van der Waals surface area (Å²) in [4.78, 5) is 5.06. The first-order valence-electron chi connectivity index (χ1n) is 7.17. The molecule has 1 aromatic rings. The molecule has 2 heteroatoms. The van der Waals surface area contributed by atoms with E-state index in [0.29, 0.717) is 5.41 Å². The van der Waals surface area contributed by atoms with E-state index in [1.807, 2.05) is 0 Å². The summed E-state index contributed by atoms with van der Waals surface area (Å²) in [6.45, 7) is 7.23. The summed E-state index contributed by atoms with van der Waals surface area (Å²) in [5.74, 6) is 0. The number of likely N-dealkylation sites (tertiary alicyclic amines) is 1. The van der Waals surface area contributed by atoms with E-state index in [2.05, 4.69) is 48.0 Å². The normalized spacial score (nSPS) is 23.8. The van der Waals surface area contributed by atoms with Gasteiger partial charge >= 0.3 is 0 Å². The molecule has 2 nitrogen and oxygen atoms in total. The van der Waals surface area contributed by atoms with E-state index in [0.717, 1.165) is 0 Å². The van der Waals surface area contributed by atoms with Gasteiger partial charge in [0.2, 0.25) is 0 Å². The Labute approximate surface area is 111 Å². The third kappa shape index (κ3) is 2.26. The molecule has 0 aliphatic carbocycles. The van der Waals surface area contributed by atoms with Gasteiger partial charge in [-0.2, -0.15) is 0 Å². The Morgan fingerprint density at radius 2 is 1.56 bits per heavy atom. The quantitative estimate of drug-likeness (QED) is 0.749. The van der Waals surface area contributed by atoms with Crippen molar-refractivity contribution in [2.24, 2.45) is 5.41 Å². The van der Waals surface area contributed by atoms with Gasteiger partial charge in [-0.1, -0.05) is 17.7 Å². The highest BCUT2D eigenvalue weighted by Crippen LogP contribution is 2.41. The predicted molar refractivity (Wildman–Crippen MR) is 77.2 cm³/mol. The van der Waals surface area contributed by atoms with E-state index < -0.39 is 0 Å². The van der Waals surface area contributed by atoms with Crippen LogP contribution in [0.25, 0.3) is 0 Å². The molecule has 2 aliphatic heterocycles. The monoisotopic (exact) mass is 244 g/mol. The Kier molecular flexibility index (Phi) is 3.06. The lowest BCUT2D eigenvalue weighted by atomic mass is 9.78. The largest absolute Gasteiger partial charge is 0.371 e. The van der Waals surface area contributed by atoms with Crippen molar-refractivity contribution in [1.82, 2.24) is 4.90 Å². The Morgan fingerprint density at radius 3 is 2.22 bits per heavy atom. The fourth-order valence-electron chi connectivity index (χ4n) is 3.41. The number of piperidine rings is 1. The Bertz CT molecular complexity index is 402. The highest BCUT2D eigenvalue weighted by molar-refractivity contribution is 5.48. The van der Waals surface area contributed by atoms with Crippen molar-refractivity contribution in [2.75, 3.05) is 38.1 Å². The van der Waals surface area contributed by atoms with Crippen LogP contribution >= 0.6 is 0 Å². The van der Waals surface area contributed by atoms with Gasteiger partial charge < -0.3 is 9.80 Å². The lowest BCUT2D eigenvalue weighted by molar-refractivity contribution is 0.142.